The van der Waals surface area contributed by atoms with E-state index in [4.69, 9.17) is 16.0 Å². The number of hydrogen-bond acceptors (Lipinski definition) is 4. The first-order valence-corrected chi connectivity index (χ1v) is 10.4. The lowest BCUT2D eigenvalue weighted by atomic mass is 10.2. The third-order valence-corrected chi connectivity index (χ3v) is 8.96. The first-order chi connectivity index (χ1) is 8.01. The number of aliphatic hydroxyl groups excluding tert-OH is 1. The molecule has 0 aliphatic rings. The van der Waals surface area contributed by atoms with Crippen LogP contribution in [-0.2, 0) is 15.3 Å². The monoisotopic (exact) mass is 317 g/mol. The van der Waals surface area contributed by atoms with Crippen molar-refractivity contribution >= 4 is 30.8 Å². The summed E-state index contributed by atoms with van der Waals surface area (Å²) in [5.74, 6) is 0. The quantitative estimate of drug-likeness (QED) is 0.322. The Labute approximate surface area is 117 Å². The summed E-state index contributed by atoms with van der Waals surface area (Å²) in [4.78, 5) is 0. The van der Waals surface area contributed by atoms with E-state index < -0.39 is 25.3 Å². The van der Waals surface area contributed by atoms with Gasteiger partial charge in [0.25, 0.3) is 0 Å². The van der Waals surface area contributed by atoms with E-state index in [2.05, 4.69) is 33.9 Å². The third kappa shape index (κ3) is 5.99. The van der Waals surface area contributed by atoms with E-state index in [1.807, 2.05) is 0 Å². The second kappa shape index (κ2) is 7.21. The summed E-state index contributed by atoms with van der Waals surface area (Å²) in [6, 6.07) is -0.157. The molecule has 0 rings (SSSR count). The maximum atomic E-state index is 10.8. The highest BCUT2D eigenvalue weighted by molar-refractivity contribution is 7.69. The summed E-state index contributed by atoms with van der Waals surface area (Å²) in [7, 11) is -4.68. The second-order valence-corrected chi connectivity index (χ2v) is 11.9. The van der Waals surface area contributed by atoms with Crippen molar-refractivity contribution in [1.82, 2.24) is 4.31 Å². The summed E-state index contributed by atoms with van der Waals surface area (Å²) < 4.78 is 28.3. The molecule has 0 amide bonds. The van der Waals surface area contributed by atoms with Crippen molar-refractivity contribution in [3.8, 4) is 0 Å². The molecular weight excluding hydrogens is 294 g/mol. The normalized spacial score (nSPS) is 15.4. The zero-order valence-corrected chi connectivity index (χ0v) is 14.3. The predicted octanol–water partition coefficient (Wildman–Crippen LogP) is 1.39. The molecule has 0 saturated heterocycles. The number of thiol groups is 1. The minimum absolute atomic E-state index is 0.0309. The van der Waals surface area contributed by atoms with Crippen LogP contribution >= 0.6 is 11.6 Å². The number of rotatable bonds is 7. The highest BCUT2D eigenvalue weighted by Gasteiger charge is 2.37. The van der Waals surface area contributed by atoms with Crippen molar-refractivity contribution in [3.63, 3.8) is 0 Å². The number of nitrogens with zero attached hydrogens (tertiary/aromatic N) is 1. The Bertz CT molecular complexity index is 322. The maximum Gasteiger partial charge on any atom is 0.205 e. The van der Waals surface area contributed by atoms with E-state index in [-0.39, 0.29) is 24.2 Å². The van der Waals surface area contributed by atoms with E-state index in [9.17, 15) is 13.5 Å². The Kier molecular flexibility index (Phi) is 7.34. The molecule has 1 unspecified atom stereocenters. The van der Waals surface area contributed by atoms with Crippen LogP contribution in [0.2, 0.25) is 18.1 Å². The topological polar surface area (TPSA) is 66.8 Å². The van der Waals surface area contributed by atoms with Crippen LogP contribution < -0.4 is 0 Å². The molecule has 110 valence electrons. The summed E-state index contributed by atoms with van der Waals surface area (Å²) in [5, 5.41) is 9.82. The predicted molar refractivity (Wildman–Crippen MR) is 76.9 cm³/mol. The van der Waals surface area contributed by atoms with Crippen LogP contribution in [0.3, 0.4) is 0 Å². The Hall–Kier alpha value is 0.337. The smallest absolute Gasteiger partial charge is 0.205 e. The molecule has 1 N–H and O–H groups in total. The zero-order valence-electron chi connectivity index (χ0n) is 11.6. The van der Waals surface area contributed by atoms with Gasteiger partial charge in [0.2, 0.25) is 10.9 Å². The van der Waals surface area contributed by atoms with Crippen LogP contribution in [0.1, 0.15) is 20.8 Å². The van der Waals surface area contributed by atoms with E-state index in [0.29, 0.717) is 0 Å². The molecule has 1 atom stereocenters. The Morgan fingerprint density at radius 1 is 1.39 bits per heavy atom. The Morgan fingerprint density at radius 2 is 1.89 bits per heavy atom. The lowest BCUT2D eigenvalue weighted by Crippen LogP contribution is -2.44. The maximum absolute atomic E-state index is 10.8. The molecule has 0 spiro atoms. The summed E-state index contributed by atoms with van der Waals surface area (Å²) in [6.07, 6.45) is -0.856. The van der Waals surface area contributed by atoms with Gasteiger partial charge in [-0.1, -0.05) is 20.8 Å². The van der Waals surface area contributed by atoms with Crippen LogP contribution in [-0.4, -0.2) is 51.4 Å². The Balaban J connectivity index is 4.31. The number of halogens is 1. The van der Waals surface area contributed by atoms with Gasteiger partial charge >= 0.3 is 0 Å². The second-order valence-electron chi connectivity index (χ2n) is 5.77. The van der Waals surface area contributed by atoms with Crippen molar-refractivity contribution in [2.24, 2.45) is 0 Å². The highest BCUT2D eigenvalue weighted by atomic mass is 35.5. The number of aliphatic hydroxyl groups is 1. The molecule has 0 bridgehead atoms. The zero-order chi connectivity index (χ0) is 14.6. The summed E-state index contributed by atoms with van der Waals surface area (Å²) >= 11 is 5.47. The molecule has 0 radical (unpaired) electrons. The molecule has 0 aliphatic heterocycles. The first-order valence-electron chi connectivity index (χ1n) is 5.78. The van der Waals surface area contributed by atoms with Gasteiger partial charge < -0.3 is 9.53 Å². The fraction of sp³-hybridized carbons (Fsp3) is 1.00. The van der Waals surface area contributed by atoms with E-state index in [1.54, 1.807) is 0 Å². The van der Waals surface area contributed by atoms with Crippen molar-refractivity contribution in [1.29, 1.82) is 0 Å². The molecule has 8 heteroatoms. The van der Waals surface area contributed by atoms with Crippen molar-refractivity contribution in [2.75, 3.05) is 19.2 Å². The van der Waals surface area contributed by atoms with Gasteiger partial charge in [0.1, 0.15) is 0 Å². The minimum atomic E-state index is -2.76. The molecule has 18 heavy (non-hydrogen) atoms. The van der Waals surface area contributed by atoms with Crippen LogP contribution in [0.5, 0.6) is 0 Å². The largest absolute Gasteiger partial charge is 0.414 e. The molecule has 5 nitrogen and oxygen atoms in total. The van der Waals surface area contributed by atoms with E-state index in [1.165, 1.54) is 0 Å². The fourth-order valence-electron chi connectivity index (χ4n) is 0.976. The first kappa shape index (κ1) is 18.3. The van der Waals surface area contributed by atoms with Crippen LogP contribution in [0.25, 0.3) is 0 Å². The average molecular weight is 318 g/mol. The van der Waals surface area contributed by atoms with Crippen molar-refractivity contribution in [3.05, 3.63) is 0 Å². The lowest BCUT2D eigenvalue weighted by Gasteiger charge is -2.36. The fourth-order valence-corrected chi connectivity index (χ4v) is 2.79. The molecule has 0 aliphatic carbocycles. The molecule has 0 aromatic rings. The SMILES string of the molecule is CC(C)(C)[Si](C)(C)OCC(O)CN(CCl)[SH](=O)=O. The Morgan fingerprint density at radius 3 is 2.22 bits per heavy atom. The molecule has 0 aromatic carbocycles. The van der Waals surface area contributed by atoms with Gasteiger partial charge in [-0.25, -0.2) is 8.42 Å². The lowest BCUT2D eigenvalue weighted by molar-refractivity contribution is 0.0865. The van der Waals surface area contributed by atoms with E-state index >= 15 is 0 Å². The third-order valence-electron chi connectivity index (χ3n) is 3.23. The molecule has 0 saturated carbocycles. The van der Waals surface area contributed by atoms with Gasteiger partial charge in [-0.3, -0.25) is 0 Å². The molecule has 0 aromatic heterocycles. The van der Waals surface area contributed by atoms with Crippen LogP contribution in [0.4, 0.5) is 0 Å². The molecular formula is C10H24ClNO4SSi. The summed E-state index contributed by atoms with van der Waals surface area (Å²) in [5.41, 5.74) is 0. The average Bonchev–Trinajstić information content (AvgIpc) is 2.21. The molecule has 0 heterocycles. The number of hydrogen-bond donors (Lipinski definition) is 2. The van der Waals surface area contributed by atoms with E-state index in [0.717, 1.165) is 4.31 Å². The highest BCUT2D eigenvalue weighted by Crippen LogP contribution is 2.36. The van der Waals surface area contributed by atoms with Crippen molar-refractivity contribution in [2.45, 2.75) is 45.0 Å². The van der Waals surface area contributed by atoms with Crippen LogP contribution in [0, 0.1) is 0 Å². The van der Waals surface area contributed by atoms with Gasteiger partial charge in [-0.15, -0.1) is 11.6 Å². The van der Waals surface area contributed by atoms with Crippen LogP contribution in [0.15, 0.2) is 0 Å². The molecule has 0 fully saturated rings. The minimum Gasteiger partial charge on any atom is -0.414 e. The standard InChI is InChI=1S/C10H24ClNO4SSi/c1-10(2,3)18(4,5)16-7-9(13)6-12(8-11)17(14)15/h9,13,17H,6-8H2,1-5H3. The van der Waals surface area contributed by atoms with Gasteiger partial charge in [-0.05, 0) is 18.1 Å². The van der Waals surface area contributed by atoms with Crippen molar-refractivity contribution < 1.29 is 18.0 Å². The summed E-state index contributed by atoms with van der Waals surface area (Å²) in [6.45, 7) is 10.6. The van der Waals surface area contributed by atoms with Gasteiger partial charge in [0, 0.05) is 6.54 Å². The van der Waals surface area contributed by atoms with Gasteiger partial charge in [0.05, 0.1) is 18.7 Å². The van der Waals surface area contributed by atoms with Gasteiger partial charge in [0.15, 0.2) is 8.32 Å². The number of alkyl halides is 1. The van der Waals surface area contributed by atoms with Gasteiger partial charge in [-0.2, -0.15) is 4.31 Å².